The molecule has 0 aliphatic heterocycles. The topological polar surface area (TPSA) is 161 Å². The van der Waals surface area contributed by atoms with Crippen molar-refractivity contribution in [1.82, 2.24) is 25.3 Å². The number of nitrogen functional groups attached to an aromatic ring is 1. The first-order chi connectivity index (χ1) is 21.1. The van der Waals surface area contributed by atoms with Gasteiger partial charge in [-0.25, -0.2) is 28.7 Å². The highest BCUT2D eigenvalue weighted by Gasteiger charge is 2.30. The van der Waals surface area contributed by atoms with Crippen LogP contribution in [0.2, 0.25) is 0 Å². The number of halogens is 2. The van der Waals surface area contributed by atoms with Gasteiger partial charge >= 0.3 is 0 Å². The van der Waals surface area contributed by atoms with E-state index in [0.29, 0.717) is 40.7 Å². The van der Waals surface area contributed by atoms with Crippen LogP contribution in [0.1, 0.15) is 42.3 Å². The van der Waals surface area contributed by atoms with Crippen LogP contribution in [-0.2, 0) is 11.4 Å². The Morgan fingerprint density at radius 1 is 1.07 bits per heavy atom. The van der Waals surface area contributed by atoms with Gasteiger partial charge in [0.25, 0.3) is 0 Å². The molecule has 1 fully saturated rings. The smallest absolute Gasteiger partial charge is 0.207 e. The zero-order valence-corrected chi connectivity index (χ0v) is 24.2. The van der Waals surface area contributed by atoms with Gasteiger partial charge in [0.2, 0.25) is 6.41 Å². The summed E-state index contributed by atoms with van der Waals surface area (Å²) in [6.07, 6.45) is 6.84. The zero-order valence-electron chi connectivity index (χ0n) is 24.2. The first-order valence-electron chi connectivity index (χ1n) is 13.6. The molecular weight excluding hydrogens is 570 g/mol. The maximum Gasteiger partial charge on any atom is 0.207 e. The van der Waals surface area contributed by atoms with E-state index in [1.165, 1.54) is 25.4 Å². The summed E-state index contributed by atoms with van der Waals surface area (Å²) in [6.45, 7) is 6.16. The predicted octanol–water partition coefficient (Wildman–Crippen LogP) is 5.26. The Morgan fingerprint density at radius 2 is 1.73 bits per heavy atom. The number of carbonyl (C=O) groups excluding carboxylic acids is 1. The third kappa shape index (κ3) is 8.77. The highest BCUT2D eigenvalue weighted by atomic mass is 19.1. The SMILES string of the molecule is C=C(C)F.Cc1ncc(COc2cc(F)cc(Oc3ccc(C(=N)c4c(N)ncnc4NC4CC(NC=O)C4)cc3)c2)cn1. The molecule has 4 aromatic rings. The zero-order chi connectivity index (χ0) is 31.6. The van der Waals surface area contributed by atoms with Crippen molar-refractivity contribution in [3.05, 3.63) is 102 Å². The molecule has 0 atom stereocenters. The van der Waals surface area contributed by atoms with Crippen LogP contribution in [0.5, 0.6) is 17.2 Å². The highest BCUT2D eigenvalue weighted by Crippen LogP contribution is 2.30. The Hall–Kier alpha value is -5.46. The fourth-order valence-electron chi connectivity index (χ4n) is 4.23. The average molecular weight is 603 g/mol. The number of amides is 1. The number of anilines is 2. The first-order valence-corrected chi connectivity index (χ1v) is 13.6. The fourth-order valence-corrected chi connectivity index (χ4v) is 4.23. The molecule has 11 nitrogen and oxygen atoms in total. The fraction of sp³-hybridized carbons (Fsp3) is 0.226. The molecule has 1 aliphatic carbocycles. The van der Waals surface area contributed by atoms with E-state index in [-0.39, 0.29) is 41.8 Å². The summed E-state index contributed by atoms with van der Waals surface area (Å²) in [7, 11) is 0. The van der Waals surface area contributed by atoms with Gasteiger partial charge < -0.3 is 25.8 Å². The van der Waals surface area contributed by atoms with Crippen molar-refractivity contribution in [2.24, 2.45) is 0 Å². The molecule has 1 aliphatic rings. The number of carbonyl (C=O) groups is 1. The number of ether oxygens (including phenoxy) is 2. The molecule has 44 heavy (non-hydrogen) atoms. The quantitative estimate of drug-likeness (QED) is 0.133. The largest absolute Gasteiger partial charge is 0.489 e. The number of hydrogen-bond acceptors (Lipinski definition) is 10. The second-order valence-electron chi connectivity index (χ2n) is 10.0. The predicted molar refractivity (Wildman–Crippen MR) is 162 cm³/mol. The number of nitrogens with zero attached hydrogens (tertiary/aromatic N) is 4. The number of rotatable bonds is 11. The van der Waals surface area contributed by atoms with E-state index in [2.05, 4.69) is 37.1 Å². The molecule has 13 heteroatoms. The van der Waals surface area contributed by atoms with Crippen LogP contribution in [0.15, 0.2) is 73.6 Å². The summed E-state index contributed by atoms with van der Waals surface area (Å²) in [4.78, 5) is 27.2. The number of hydrogen-bond donors (Lipinski definition) is 4. The Labute approximate surface area is 253 Å². The molecule has 5 N–H and O–H groups in total. The van der Waals surface area contributed by atoms with E-state index in [1.807, 2.05) is 0 Å². The monoisotopic (exact) mass is 602 g/mol. The molecule has 5 rings (SSSR count). The van der Waals surface area contributed by atoms with Crippen molar-refractivity contribution in [3.63, 3.8) is 0 Å². The molecule has 0 radical (unpaired) electrons. The summed E-state index contributed by atoms with van der Waals surface area (Å²) in [5.41, 5.74) is 7.97. The molecule has 1 saturated carbocycles. The molecular formula is C31H32F2N8O3. The third-order valence-electron chi connectivity index (χ3n) is 6.37. The van der Waals surface area contributed by atoms with Crippen LogP contribution in [0.3, 0.4) is 0 Å². The molecule has 0 spiro atoms. The minimum atomic E-state index is -0.509. The minimum Gasteiger partial charge on any atom is -0.489 e. The second-order valence-corrected chi connectivity index (χ2v) is 10.0. The Balaban J connectivity index is 0.00000104. The number of aryl methyl sites for hydroxylation is 1. The molecule has 2 aromatic carbocycles. The summed E-state index contributed by atoms with van der Waals surface area (Å²) in [6, 6.07) is 11.1. The number of benzene rings is 2. The normalized spacial score (nSPS) is 15.1. The van der Waals surface area contributed by atoms with Crippen molar-refractivity contribution in [1.29, 1.82) is 5.41 Å². The van der Waals surface area contributed by atoms with Crippen molar-refractivity contribution in [2.75, 3.05) is 11.1 Å². The van der Waals surface area contributed by atoms with Crippen LogP contribution < -0.4 is 25.8 Å². The molecule has 0 saturated heterocycles. The standard InChI is InChI=1S/C28H27FN8O3.C3H5F/c1-16-32-11-17(12-33-16)13-39-23-6-19(29)7-24(10-23)40-22-4-2-18(3-5-22)26(30)25-27(31)34-14-35-28(25)37-21-8-20(9-21)36-15-38;1-3(2)4/h2-7,10-12,14-15,20-21,30H,8-9,13H2,1H3,(H,36,38)(H3,31,34,35,37);1H2,2H3. The van der Waals surface area contributed by atoms with Crippen LogP contribution in [-0.4, -0.2) is 44.1 Å². The van der Waals surface area contributed by atoms with Gasteiger partial charge in [0.1, 0.15) is 53.5 Å². The average Bonchev–Trinajstić information content (AvgIpc) is 2.95. The number of aromatic nitrogens is 4. The van der Waals surface area contributed by atoms with Crippen LogP contribution in [0, 0.1) is 18.2 Å². The van der Waals surface area contributed by atoms with E-state index >= 15 is 0 Å². The first kappa shape index (κ1) is 31.5. The Bertz CT molecular complexity index is 1610. The Kier molecular flexibility index (Phi) is 10.5. The van der Waals surface area contributed by atoms with Crippen molar-refractivity contribution in [3.8, 4) is 17.2 Å². The highest BCUT2D eigenvalue weighted by molar-refractivity contribution is 6.16. The van der Waals surface area contributed by atoms with Crippen LogP contribution >= 0.6 is 0 Å². The van der Waals surface area contributed by atoms with Gasteiger partial charge in [0, 0.05) is 53.8 Å². The van der Waals surface area contributed by atoms with E-state index < -0.39 is 5.82 Å². The van der Waals surface area contributed by atoms with Gasteiger partial charge in [0.05, 0.1) is 17.1 Å². The Morgan fingerprint density at radius 3 is 2.39 bits per heavy atom. The maximum atomic E-state index is 14.3. The van der Waals surface area contributed by atoms with Gasteiger partial charge in [0.15, 0.2) is 0 Å². The van der Waals surface area contributed by atoms with Gasteiger partial charge in [-0.1, -0.05) is 6.58 Å². The van der Waals surface area contributed by atoms with Crippen molar-refractivity contribution < 1.29 is 23.0 Å². The molecule has 0 bridgehead atoms. The maximum absolute atomic E-state index is 14.3. The second kappa shape index (κ2) is 14.6. The van der Waals surface area contributed by atoms with Gasteiger partial charge in [-0.3, -0.25) is 10.2 Å². The lowest BCUT2D eigenvalue weighted by molar-refractivity contribution is -0.110. The number of allylic oxidation sites excluding steroid dienone is 1. The molecule has 2 aromatic heterocycles. The number of nitrogens with one attached hydrogen (secondary N) is 3. The summed E-state index contributed by atoms with van der Waals surface area (Å²) < 4.78 is 36.6. The molecule has 228 valence electrons. The van der Waals surface area contributed by atoms with E-state index in [0.717, 1.165) is 18.4 Å². The van der Waals surface area contributed by atoms with Crippen molar-refractivity contribution in [2.45, 2.75) is 45.4 Å². The molecule has 1 amide bonds. The van der Waals surface area contributed by atoms with Crippen LogP contribution in [0.4, 0.5) is 20.4 Å². The van der Waals surface area contributed by atoms with Gasteiger partial charge in [-0.05, 0) is 51.0 Å². The number of nitrogens with two attached hydrogens (primary N) is 1. The van der Waals surface area contributed by atoms with E-state index in [1.54, 1.807) is 49.6 Å². The van der Waals surface area contributed by atoms with E-state index in [9.17, 15) is 13.6 Å². The summed E-state index contributed by atoms with van der Waals surface area (Å²) >= 11 is 0. The lowest BCUT2D eigenvalue weighted by atomic mass is 9.86. The van der Waals surface area contributed by atoms with Crippen molar-refractivity contribution >= 4 is 23.8 Å². The molecule has 0 unspecified atom stereocenters. The summed E-state index contributed by atoms with van der Waals surface area (Å²) in [5, 5.41) is 14.8. The van der Waals surface area contributed by atoms with Gasteiger partial charge in [-0.15, -0.1) is 0 Å². The van der Waals surface area contributed by atoms with Crippen LogP contribution in [0.25, 0.3) is 0 Å². The molecule has 2 heterocycles. The third-order valence-corrected chi connectivity index (χ3v) is 6.37. The summed E-state index contributed by atoms with van der Waals surface area (Å²) in [5.74, 6) is 1.44. The lowest BCUT2D eigenvalue weighted by Gasteiger charge is -2.36. The van der Waals surface area contributed by atoms with E-state index in [4.69, 9.17) is 20.6 Å². The minimum absolute atomic E-state index is 0.0967. The lowest BCUT2D eigenvalue weighted by Crippen LogP contribution is -2.47. The van der Waals surface area contributed by atoms with Gasteiger partial charge in [-0.2, -0.15) is 0 Å².